The van der Waals surface area contributed by atoms with E-state index in [0.717, 1.165) is 12.0 Å². The SMILES string of the molecule is COC(=O)N(Cc1ccccc1)C(Cc1ccccc1)C(O)C(F)(F)F. The summed E-state index contributed by atoms with van der Waals surface area (Å²) in [6.45, 7) is -0.113. The van der Waals surface area contributed by atoms with E-state index in [1.165, 1.54) is 0 Å². The van der Waals surface area contributed by atoms with Crippen molar-refractivity contribution in [3.63, 3.8) is 0 Å². The molecule has 1 amide bonds. The van der Waals surface area contributed by atoms with Crippen LogP contribution in [0.1, 0.15) is 11.1 Å². The van der Waals surface area contributed by atoms with Gasteiger partial charge in [0.25, 0.3) is 0 Å². The smallest absolute Gasteiger partial charge is 0.416 e. The maximum Gasteiger partial charge on any atom is 0.416 e. The number of aliphatic hydroxyl groups is 1. The second-order valence-corrected chi connectivity index (χ2v) is 5.83. The molecule has 0 saturated heterocycles. The number of carbonyl (C=O) groups is 1. The van der Waals surface area contributed by atoms with Crippen molar-refractivity contribution in [1.82, 2.24) is 4.90 Å². The van der Waals surface area contributed by atoms with E-state index in [9.17, 15) is 23.1 Å². The van der Waals surface area contributed by atoms with E-state index in [2.05, 4.69) is 4.74 Å². The van der Waals surface area contributed by atoms with Crippen molar-refractivity contribution in [2.24, 2.45) is 0 Å². The molecule has 0 fully saturated rings. The lowest BCUT2D eigenvalue weighted by Crippen LogP contribution is -2.53. The molecule has 0 saturated carbocycles. The molecule has 2 atom stereocenters. The highest BCUT2D eigenvalue weighted by Gasteiger charge is 2.47. The zero-order chi connectivity index (χ0) is 19.2. The van der Waals surface area contributed by atoms with E-state index in [1.54, 1.807) is 60.7 Å². The maximum absolute atomic E-state index is 13.2. The van der Waals surface area contributed by atoms with Gasteiger partial charge in [-0.05, 0) is 17.5 Å². The molecule has 26 heavy (non-hydrogen) atoms. The fourth-order valence-corrected chi connectivity index (χ4v) is 2.68. The first-order chi connectivity index (χ1) is 12.3. The van der Waals surface area contributed by atoms with Crippen molar-refractivity contribution in [3.05, 3.63) is 71.8 Å². The molecule has 2 aromatic carbocycles. The summed E-state index contributed by atoms with van der Waals surface area (Å²) in [7, 11) is 1.10. The van der Waals surface area contributed by atoms with Crippen LogP contribution in [0.2, 0.25) is 0 Å². The van der Waals surface area contributed by atoms with Gasteiger partial charge in [0.15, 0.2) is 6.10 Å². The number of methoxy groups -OCH3 is 1. The van der Waals surface area contributed by atoms with Crippen LogP contribution < -0.4 is 0 Å². The van der Waals surface area contributed by atoms with Gasteiger partial charge in [0.05, 0.1) is 13.2 Å². The van der Waals surface area contributed by atoms with Gasteiger partial charge >= 0.3 is 12.3 Å². The lowest BCUT2D eigenvalue weighted by atomic mass is 9.98. The first-order valence-electron chi connectivity index (χ1n) is 8.00. The molecule has 0 heterocycles. The summed E-state index contributed by atoms with van der Waals surface area (Å²) in [6.07, 6.45) is -8.67. The fourth-order valence-electron chi connectivity index (χ4n) is 2.68. The normalized spacial score (nSPS) is 13.7. The van der Waals surface area contributed by atoms with Crippen LogP contribution in [0.15, 0.2) is 60.7 Å². The summed E-state index contributed by atoms with van der Waals surface area (Å²) in [6, 6.07) is 15.5. The highest BCUT2D eigenvalue weighted by Crippen LogP contribution is 2.28. The third-order valence-corrected chi connectivity index (χ3v) is 3.99. The lowest BCUT2D eigenvalue weighted by Gasteiger charge is -2.34. The highest BCUT2D eigenvalue weighted by atomic mass is 19.4. The number of hydrogen-bond acceptors (Lipinski definition) is 3. The van der Waals surface area contributed by atoms with Crippen molar-refractivity contribution < 1.29 is 27.8 Å². The van der Waals surface area contributed by atoms with Gasteiger partial charge in [-0.3, -0.25) is 4.90 Å². The van der Waals surface area contributed by atoms with Crippen LogP contribution in [-0.2, 0) is 17.7 Å². The minimum atomic E-state index is -4.87. The van der Waals surface area contributed by atoms with Gasteiger partial charge in [-0.15, -0.1) is 0 Å². The van der Waals surface area contributed by atoms with Crippen molar-refractivity contribution in [1.29, 1.82) is 0 Å². The molecule has 0 aliphatic carbocycles. The van der Waals surface area contributed by atoms with E-state index < -0.39 is 24.4 Å². The molecule has 0 aliphatic rings. The van der Waals surface area contributed by atoms with Crippen LogP contribution in [0, 0.1) is 0 Å². The Morgan fingerprint density at radius 2 is 1.54 bits per heavy atom. The van der Waals surface area contributed by atoms with Gasteiger partial charge < -0.3 is 9.84 Å². The quantitative estimate of drug-likeness (QED) is 0.845. The Labute approximate surface area is 149 Å². The maximum atomic E-state index is 13.2. The number of ether oxygens (including phenoxy) is 1. The largest absolute Gasteiger partial charge is 0.453 e. The van der Waals surface area contributed by atoms with Crippen LogP contribution in [0.3, 0.4) is 0 Å². The van der Waals surface area contributed by atoms with Gasteiger partial charge in [0, 0.05) is 6.54 Å². The number of alkyl halides is 3. The standard InChI is InChI=1S/C19H20F3NO3/c1-26-18(25)23(13-15-10-6-3-7-11-15)16(17(24)19(20,21)22)12-14-8-4-2-5-9-14/h2-11,16-17,24H,12-13H2,1H3. The molecule has 2 unspecified atom stereocenters. The average molecular weight is 367 g/mol. The molecule has 0 aliphatic heterocycles. The second-order valence-electron chi connectivity index (χ2n) is 5.83. The van der Waals surface area contributed by atoms with E-state index in [-0.39, 0.29) is 13.0 Å². The van der Waals surface area contributed by atoms with Gasteiger partial charge in [-0.2, -0.15) is 13.2 Å². The molecule has 0 spiro atoms. The Kier molecular flexibility index (Phi) is 6.63. The molecule has 2 rings (SSSR count). The number of nitrogens with zero attached hydrogens (tertiary/aromatic N) is 1. The van der Waals surface area contributed by atoms with Crippen molar-refractivity contribution in [2.75, 3.05) is 7.11 Å². The van der Waals surface area contributed by atoms with Crippen LogP contribution in [0.25, 0.3) is 0 Å². The zero-order valence-electron chi connectivity index (χ0n) is 14.2. The number of amides is 1. The summed E-state index contributed by atoms with van der Waals surface area (Å²) >= 11 is 0. The minimum Gasteiger partial charge on any atom is -0.453 e. The Bertz CT molecular complexity index is 692. The number of carbonyl (C=O) groups excluding carboxylic acids is 1. The third kappa shape index (κ3) is 5.23. The van der Waals surface area contributed by atoms with Crippen LogP contribution >= 0.6 is 0 Å². The fraction of sp³-hybridized carbons (Fsp3) is 0.316. The van der Waals surface area contributed by atoms with Crippen molar-refractivity contribution in [3.8, 4) is 0 Å². The average Bonchev–Trinajstić information content (AvgIpc) is 2.64. The molecular formula is C19H20F3NO3. The number of halogens is 3. The molecule has 4 nitrogen and oxygen atoms in total. The number of rotatable bonds is 6. The van der Waals surface area contributed by atoms with Gasteiger partial charge in [-0.1, -0.05) is 60.7 Å². The first-order valence-corrected chi connectivity index (χ1v) is 8.00. The van der Waals surface area contributed by atoms with Gasteiger partial charge in [0.2, 0.25) is 0 Å². The highest BCUT2D eigenvalue weighted by molar-refractivity contribution is 5.68. The van der Waals surface area contributed by atoms with E-state index in [1.807, 2.05) is 0 Å². The Morgan fingerprint density at radius 1 is 1.04 bits per heavy atom. The van der Waals surface area contributed by atoms with Crippen LogP contribution in [0.5, 0.6) is 0 Å². The minimum absolute atomic E-state index is 0.113. The van der Waals surface area contributed by atoms with Crippen molar-refractivity contribution in [2.45, 2.75) is 31.3 Å². The summed E-state index contributed by atoms with van der Waals surface area (Å²) in [4.78, 5) is 13.1. The molecule has 0 radical (unpaired) electrons. The van der Waals surface area contributed by atoms with Gasteiger partial charge in [0.1, 0.15) is 0 Å². The molecule has 0 bridgehead atoms. The Balaban J connectivity index is 2.37. The third-order valence-electron chi connectivity index (χ3n) is 3.99. The zero-order valence-corrected chi connectivity index (χ0v) is 14.2. The molecule has 7 heteroatoms. The van der Waals surface area contributed by atoms with E-state index in [4.69, 9.17) is 0 Å². The van der Waals surface area contributed by atoms with E-state index in [0.29, 0.717) is 11.1 Å². The lowest BCUT2D eigenvalue weighted by molar-refractivity contribution is -0.220. The number of benzene rings is 2. The summed E-state index contributed by atoms with van der Waals surface area (Å²) < 4.78 is 44.4. The Hall–Kier alpha value is -2.54. The number of hydrogen-bond donors (Lipinski definition) is 1. The monoisotopic (exact) mass is 367 g/mol. The predicted molar refractivity (Wildman–Crippen MR) is 90.4 cm³/mol. The van der Waals surface area contributed by atoms with Crippen molar-refractivity contribution >= 4 is 6.09 Å². The molecule has 1 N–H and O–H groups in total. The second kappa shape index (κ2) is 8.71. The Morgan fingerprint density at radius 3 is 2.00 bits per heavy atom. The van der Waals surface area contributed by atoms with E-state index >= 15 is 0 Å². The molecular weight excluding hydrogens is 347 g/mol. The predicted octanol–water partition coefficient (Wildman–Crippen LogP) is 3.79. The van der Waals surface area contributed by atoms with Crippen LogP contribution in [0.4, 0.5) is 18.0 Å². The summed E-state index contributed by atoms with van der Waals surface area (Å²) in [5, 5.41) is 9.93. The topological polar surface area (TPSA) is 49.8 Å². The number of aliphatic hydroxyl groups excluding tert-OH is 1. The van der Waals surface area contributed by atoms with Crippen LogP contribution in [-0.4, -0.2) is 41.5 Å². The molecule has 140 valence electrons. The molecule has 2 aromatic rings. The molecule has 0 aromatic heterocycles. The van der Waals surface area contributed by atoms with Gasteiger partial charge in [-0.25, -0.2) is 4.79 Å². The summed E-state index contributed by atoms with van der Waals surface area (Å²) in [5.41, 5.74) is 1.20. The summed E-state index contributed by atoms with van der Waals surface area (Å²) in [5.74, 6) is 0. The first kappa shape index (κ1) is 19.8.